The van der Waals surface area contributed by atoms with Gasteiger partial charge >= 0.3 is 0 Å². The summed E-state index contributed by atoms with van der Waals surface area (Å²) in [4.78, 5) is 13.5. The molecule has 2 aromatic rings. The second kappa shape index (κ2) is 7.45. The van der Waals surface area contributed by atoms with Crippen molar-refractivity contribution >= 4 is 38.9 Å². The lowest BCUT2D eigenvalue weighted by Crippen LogP contribution is -2.45. The molecule has 1 N–H and O–H groups in total. The first-order valence-electron chi connectivity index (χ1n) is 7.98. The highest BCUT2D eigenvalue weighted by Crippen LogP contribution is 2.30. The summed E-state index contributed by atoms with van der Waals surface area (Å²) in [5.41, 5.74) is 0.877. The van der Waals surface area contributed by atoms with Gasteiger partial charge < -0.3 is 5.32 Å². The van der Waals surface area contributed by atoms with E-state index in [0.717, 1.165) is 10.4 Å². The van der Waals surface area contributed by atoms with Gasteiger partial charge in [-0.1, -0.05) is 23.7 Å². The third-order valence-electron chi connectivity index (χ3n) is 4.14. The van der Waals surface area contributed by atoms with Crippen LogP contribution in [-0.2, 0) is 21.4 Å². The molecule has 25 heavy (non-hydrogen) atoms. The highest BCUT2D eigenvalue weighted by atomic mass is 35.5. The molecule has 0 radical (unpaired) electrons. The Labute approximate surface area is 156 Å². The predicted octanol–water partition coefficient (Wildman–Crippen LogP) is 3.18. The minimum absolute atomic E-state index is 0.269. The fourth-order valence-corrected chi connectivity index (χ4v) is 6.19. The van der Waals surface area contributed by atoms with Crippen molar-refractivity contribution in [3.05, 3.63) is 51.9 Å². The molecule has 0 spiro atoms. The summed E-state index contributed by atoms with van der Waals surface area (Å²) >= 11 is 7.17. The Morgan fingerprint density at radius 3 is 2.84 bits per heavy atom. The van der Waals surface area contributed by atoms with E-state index in [-0.39, 0.29) is 5.91 Å². The maximum absolute atomic E-state index is 12.8. The Hall–Kier alpha value is -1.41. The number of benzene rings is 1. The zero-order valence-corrected chi connectivity index (χ0v) is 16.1. The second-order valence-corrected chi connectivity index (χ2v) is 9.83. The molecule has 2 heterocycles. The van der Waals surface area contributed by atoms with Crippen molar-refractivity contribution in [2.45, 2.75) is 36.6 Å². The van der Waals surface area contributed by atoms with Gasteiger partial charge in [-0.25, -0.2) is 8.42 Å². The number of halogens is 1. The highest BCUT2D eigenvalue weighted by molar-refractivity contribution is 7.91. The number of sulfonamides is 1. The van der Waals surface area contributed by atoms with Crippen LogP contribution in [0.1, 0.15) is 23.3 Å². The van der Waals surface area contributed by atoms with E-state index in [2.05, 4.69) is 5.32 Å². The molecule has 1 atom stereocenters. The van der Waals surface area contributed by atoms with E-state index in [9.17, 15) is 13.2 Å². The van der Waals surface area contributed by atoms with Crippen molar-refractivity contribution < 1.29 is 13.2 Å². The molecule has 1 aromatic carbocycles. The smallest absolute Gasteiger partial charge is 0.253 e. The number of carbonyl (C=O) groups is 1. The summed E-state index contributed by atoms with van der Waals surface area (Å²) in [6.07, 6.45) is 1.21. The third-order valence-corrected chi connectivity index (χ3v) is 7.75. The number of nitrogens with zero attached hydrogens (tertiary/aromatic N) is 1. The normalized spacial score (nSPS) is 18.4. The van der Waals surface area contributed by atoms with Gasteiger partial charge in [-0.15, -0.1) is 11.3 Å². The van der Waals surface area contributed by atoms with Gasteiger partial charge in [0.25, 0.3) is 10.0 Å². The van der Waals surface area contributed by atoms with Gasteiger partial charge in [0.05, 0.1) is 0 Å². The largest absolute Gasteiger partial charge is 0.351 e. The summed E-state index contributed by atoms with van der Waals surface area (Å²) in [5.74, 6) is -0.269. The third kappa shape index (κ3) is 4.06. The van der Waals surface area contributed by atoms with Gasteiger partial charge in [0.15, 0.2) is 0 Å². The van der Waals surface area contributed by atoms with Crippen LogP contribution in [0.5, 0.6) is 0 Å². The van der Waals surface area contributed by atoms with E-state index in [4.69, 9.17) is 11.6 Å². The Morgan fingerprint density at radius 1 is 1.36 bits per heavy atom. The van der Waals surface area contributed by atoms with E-state index in [1.165, 1.54) is 15.6 Å². The summed E-state index contributed by atoms with van der Waals surface area (Å²) in [6, 6.07) is 9.95. The van der Waals surface area contributed by atoms with Crippen LogP contribution in [0.3, 0.4) is 0 Å². The first-order chi connectivity index (χ1) is 11.9. The average molecular weight is 399 g/mol. The zero-order valence-electron chi connectivity index (χ0n) is 13.7. The van der Waals surface area contributed by atoms with Crippen LogP contribution in [-0.4, -0.2) is 31.2 Å². The Balaban J connectivity index is 1.71. The first kappa shape index (κ1) is 18.4. The van der Waals surface area contributed by atoms with Gasteiger partial charge in [-0.2, -0.15) is 4.31 Å². The maximum atomic E-state index is 12.8. The van der Waals surface area contributed by atoms with Crippen LogP contribution in [0.25, 0.3) is 0 Å². The number of amides is 1. The van der Waals surface area contributed by atoms with Crippen molar-refractivity contribution in [2.24, 2.45) is 0 Å². The number of rotatable bonds is 5. The maximum Gasteiger partial charge on any atom is 0.253 e. The molecule has 1 saturated heterocycles. The Kier molecular flexibility index (Phi) is 5.48. The monoisotopic (exact) mass is 398 g/mol. The molecule has 1 unspecified atom stereocenters. The van der Waals surface area contributed by atoms with Crippen molar-refractivity contribution in [1.82, 2.24) is 9.62 Å². The highest BCUT2D eigenvalue weighted by Gasteiger charge is 2.39. The number of aryl methyl sites for hydroxylation is 1. The number of thiophene rings is 1. The zero-order chi connectivity index (χ0) is 18.0. The van der Waals surface area contributed by atoms with Crippen molar-refractivity contribution in [3.63, 3.8) is 0 Å². The topological polar surface area (TPSA) is 66.5 Å². The standard InChI is InChI=1S/C17H19ClN2O3S2/c1-12-7-8-16(24-12)25(22,23)20-9-3-6-15(20)17(21)19-11-13-4-2-5-14(18)10-13/h2,4-5,7-8,10,15H,3,6,9,11H2,1H3,(H,19,21). The minimum Gasteiger partial charge on any atom is -0.351 e. The Bertz CT molecular complexity index is 880. The number of carbonyl (C=O) groups excluding carboxylic acids is 1. The number of hydrogen-bond donors (Lipinski definition) is 1. The predicted molar refractivity (Wildman–Crippen MR) is 99.3 cm³/mol. The van der Waals surface area contributed by atoms with Gasteiger partial charge in [-0.3, -0.25) is 4.79 Å². The fourth-order valence-electron chi connectivity index (χ4n) is 2.91. The molecule has 8 heteroatoms. The molecule has 1 aromatic heterocycles. The number of hydrogen-bond acceptors (Lipinski definition) is 4. The van der Waals surface area contributed by atoms with Crippen molar-refractivity contribution in [3.8, 4) is 0 Å². The molecule has 5 nitrogen and oxygen atoms in total. The molecule has 1 aliphatic rings. The van der Waals surface area contributed by atoms with Gasteiger partial charge in [0, 0.05) is 23.0 Å². The summed E-state index contributed by atoms with van der Waals surface area (Å²) < 4.78 is 27.3. The second-order valence-electron chi connectivity index (χ2n) is 5.99. The van der Waals surface area contributed by atoms with Gasteiger partial charge in [0.2, 0.25) is 5.91 Å². The van der Waals surface area contributed by atoms with Crippen molar-refractivity contribution in [1.29, 1.82) is 0 Å². The van der Waals surface area contributed by atoms with E-state index in [0.29, 0.717) is 35.2 Å². The SMILES string of the molecule is Cc1ccc(S(=O)(=O)N2CCCC2C(=O)NCc2cccc(Cl)c2)s1. The van der Waals surface area contributed by atoms with E-state index in [1.807, 2.05) is 19.1 Å². The molecular weight excluding hydrogens is 380 g/mol. The molecule has 0 bridgehead atoms. The van der Waals surface area contributed by atoms with Crippen molar-refractivity contribution in [2.75, 3.05) is 6.54 Å². The number of nitrogens with one attached hydrogen (secondary N) is 1. The Morgan fingerprint density at radius 2 is 2.16 bits per heavy atom. The van der Waals surface area contributed by atoms with Crippen LogP contribution in [0, 0.1) is 6.92 Å². The molecule has 1 amide bonds. The lowest BCUT2D eigenvalue weighted by molar-refractivity contribution is -0.124. The average Bonchev–Trinajstić information content (AvgIpc) is 3.22. The lowest BCUT2D eigenvalue weighted by Gasteiger charge is -2.22. The van der Waals surface area contributed by atoms with Crippen LogP contribution >= 0.6 is 22.9 Å². The molecular formula is C17H19ClN2O3S2. The van der Waals surface area contributed by atoms with Crippen LogP contribution < -0.4 is 5.32 Å². The van der Waals surface area contributed by atoms with Crippen LogP contribution in [0.2, 0.25) is 5.02 Å². The first-order valence-corrected chi connectivity index (χ1v) is 10.6. The fraction of sp³-hybridized carbons (Fsp3) is 0.353. The van der Waals surface area contributed by atoms with E-state index < -0.39 is 16.1 Å². The molecule has 0 aliphatic carbocycles. The summed E-state index contributed by atoms with van der Waals surface area (Å²) in [5, 5.41) is 3.43. The summed E-state index contributed by atoms with van der Waals surface area (Å²) in [7, 11) is -3.63. The van der Waals surface area contributed by atoms with Crippen LogP contribution in [0.15, 0.2) is 40.6 Å². The van der Waals surface area contributed by atoms with Gasteiger partial charge in [0.1, 0.15) is 10.3 Å². The van der Waals surface area contributed by atoms with E-state index >= 15 is 0 Å². The minimum atomic E-state index is -3.63. The van der Waals surface area contributed by atoms with E-state index in [1.54, 1.807) is 24.3 Å². The molecule has 1 fully saturated rings. The summed E-state index contributed by atoms with van der Waals surface area (Å²) in [6.45, 7) is 2.55. The molecule has 0 saturated carbocycles. The lowest BCUT2D eigenvalue weighted by atomic mass is 10.2. The molecule has 1 aliphatic heterocycles. The molecule has 3 rings (SSSR count). The molecule has 134 valence electrons. The van der Waals surface area contributed by atoms with Gasteiger partial charge in [-0.05, 0) is 49.6 Å². The quantitative estimate of drug-likeness (QED) is 0.841. The van der Waals surface area contributed by atoms with Crippen LogP contribution in [0.4, 0.5) is 0 Å².